The molecule has 0 spiro atoms. The maximum Gasteiger partial charge on any atom is 0.320 e. The van der Waals surface area contributed by atoms with Gasteiger partial charge in [-0.25, -0.2) is 23.7 Å². The molecule has 1 atom stereocenters. The first kappa shape index (κ1) is 23.1. The quantitative estimate of drug-likeness (QED) is 0.372. The fraction of sp³-hybridized carbons (Fsp3) is 0.250. The molecule has 0 saturated carbocycles. The highest BCUT2D eigenvalue weighted by Crippen LogP contribution is 2.31. The molecule has 35 heavy (non-hydrogen) atoms. The van der Waals surface area contributed by atoms with E-state index in [2.05, 4.69) is 20.3 Å². The van der Waals surface area contributed by atoms with E-state index in [4.69, 9.17) is 0 Å². The van der Waals surface area contributed by atoms with E-state index >= 15 is 0 Å². The molecule has 0 amide bonds. The van der Waals surface area contributed by atoms with Crippen LogP contribution in [0.2, 0.25) is 0 Å². The van der Waals surface area contributed by atoms with Gasteiger partial charge in [-0.2, -0.15) is 0 Å². The van der Waals surface area contributed by atoms with E-state index in [9.17, 15) is 18.7 Å². The Balaban J connectivity index is 1.29. The lowest BCUT2D eigenvalue weighted by molar-refractivity contribution is -0.142. The molecule has 11 heteroatoms. The summed E-state index contributed by atoms with van der Waals surface area (Å²) in [7, 11) is 1.66. The predicted octanol–water partition coefficient (Wildman–Crippen LogP) is 4.93. The number of hydrogen-bond donors (Lipinski definition) is 2. The van der Waals surface area contributed by atoms with Gasteiger partial charge in [0.25, 0.3) is 0 Å². The van der Waals surface area contributed by atoms with Crippen molar-refractivity contribution in [1.29, 1.82) is 0 Å². The second-order valence-electron chi connectivity index (χ2n) is 8.31. The van der Waals surface area contributed by atoms with E-state index in [1.807, 2.05) is 17.0 Å². The van der Waals surface area contributed by atoms with Crippen LogP contribution in [0.4, 0.5) is 31.2 Å². The smallest absolute Gasteiger partial charge is 0.320 e. The largest absolute Gasteiger partial charge is 0.480 e. The van der Waals surface area contributed by atoms with Gasteiger partial charge in [0.05, 0.1) is 5.69 Å². The molecule has 4 heterocycles. The summed E-state index contributed by atoms with van der Waals surface area (Å²) in [6.45, 7) is 1.31. The molecule has 1 aliphatic rings. The summed E-state index contributed by atoms with van der Waals surface area (Å²) in [5.41, 5.74) is 1.84. The fourth-order valence-electron chi connectivity index (χ4n) is 4.16. The topological polar surface area (TPSA) is 94.5 Å². The minimum absolute atomic E-state index is 0.217. The Morgan fingerprint density at radius 2 is 2.09 bits per heavy atom. The number of benzene rings is 1. The number of carbonyl (C=O) groups is 1. The van der Waals surface area contributed by atoms with Gasteiger partial charge >= 0.3 is 5.97 Å². The number of hydrogen-bond acceptors (Lipinski definition) is 8. The van der Waals surface area contributed by atoms with E-state index in [1.54, 1.807) is 30.3 Å². The minimum atomic E-state index is -0.782. The summed E-state index contributed by atoms with van der Waals surface area (Å²) < 4.78 is 27.4. The fourth-order valence-corrected chi connectivity index (χ4v) is 5.00. The highest BCUT2D eigenvalue weighted by Gasteiger charge is 2.30. The first-order valence-electron chi connectivity index (χ1n) is 11.0. The zero-order valence-electron chi connectivity index (χ0n) is 18.8. The van der Waals surface area contributed by atoms with Crippen LogP contribution < -0.4 is 10.2 Å². The maximum absolute atomic E-state index is 14.2. The number of anilines is 4. The van der Waals surface area contributed by atoms with Crippen molar-refractivity contribution in [3.05, 3.63) is 65.9 Å². The molecule has 3 aromatic heterocycles. The Morgan fingerprint density at radius 1 is 1.23 bits per heavy atom. The number of rotatable bonds is 7. The molecule has 1 aliphatic heterocycles. The van der Waals surface area contributed by atoms with Crippen molar-refractivity contribution in [2.45, 2.75) is 25.4 Å². The highest BCUT2D eigenvalue weighted by atomic mass is 32.1. The van der Waals surface area contributed by atoms with Gasteiger partial charge in [0.15, 0.2) is 5.13 Å². The van der Waals surface area contributed by atoms with E-state index in [0.717, 1.165) is 24.6 Å². The van der Waals surface area contributed by atoms with Crippen molar-refractivity contribution >= 4 is 50.1 Å². The van der Waals surface area contributed by atoms with Gasteiger partial charge in [-0.05, 0) is 55.3 Å². The van der Waals surface area contributed by atoms with Gasteiger partial charge in [0.1, 0.15) is 39.7 Å². The molecular formula is C24H22F2N6O2S. The van der Waals surface area contributed by atoms with Gasteiger partial charge in [-0.3, -0.25) is 9.69 Å². The Bertz CT molecular complexity index is 1380. The molecule has 0 radical (unpaired) electrons. The van der Waals surface area contributed by atoms with Crippen LogP contribution in [0.25, 0.3) is 10.3 Å². The Kier molecular flexibility index (Phi) is 6.27. The van der Waals surface area contributed by atoms with Gasteiger partial charge in [-0.15, -0.1) is 0 Å². The van der Waals surface area contributed by atoms with E-state index in [0.29, 0.717) is 40.1 Å². The zero-order valence-corrected chi connectivity index (χ0v) is 19.6. The molecular weight excluding hydrogens is 474 g/mol. The Hall–Kier alpha value is -3.70. The summed E-state index contributed by atoms with van der Waals surface area (Å²) in [6, 6.07) is 10.2. The number of thiazole rings is 1. The number of nitrogens with one attached hydrogen (secondary N) is 1. The number of likely N-dealkylation sites (tertiary alicyclic amines) is 1. The van der Waals surface area contributed by atoms with Gasteiger partial charge in [-0.1, -0.05) is 17.4 Å². The molecule has 0 aliphatic carbocycles. The summed E-state index contributed by atoms with van der Waals surface area (Å²) in [5.74, 6) is -0.977. The van der Waals surface area contributed by atoms with Crippen molar-refractivity contribution in [1.82, 2.24) is 19.9 Å². The van der Waals surface area contributed by atoms with Gasteiger partial charge in [0.2, 0.25) is 0 Å². The SMILES string of the molecule is CN(c1ccc2nc(Nc3ccc(CN4CCCC4C(=O)O)cn3)sc2n1)c1ccc(F)cc1F. The van der Waals surface area contributed by atoms with Crippen LogP contribution in [-0.4, -0.2) is 50.6 Å². The average Bonchev–Trinajstić information content (AvgIpc) is 3.46. The van der Waals surface area contributed by atoms with E-state index in [-0.39, 0.29) is 5.69 Å². The zero-order chi connectivity index (χ0) is 24.5. The Morgan fingerprint density at radius 3 is 2.83 bits per heavy atom. The normalized spacial score (nSPS) is 16.0. The first-order chi connectivity index (χ1) is 16.9. The van der Waals surface area contributed by atoms with Crippen LogP contribution in [0.5, 0.6) is 0 Å². The summed E-state index contributed by atoms with van der Waals surface area (Å²) in [5, 5.41) is 13.1. The standard InChI is InChI=1S/C24H22F2N6O2S/c1-31(18-7-5-15(25)11-16(18)26)21-9-6-17-22(30-21)35-24(28-17)29-20-8-4-14(12-27-20)13-32-10-2-3-19(32)23(33)34/h4-9,11-12,19H,2-3,10,13H2,1H3,(H,33,34)(H,27,28,29). The minimum Gasteiger partial charge on any atom is -0.480 e. The molecule has 1 fully saturated rings. The number of aliphatic carboxylic acids is 1. The third-order valence-electron chi connectivity index (χ3n) is 5.95. The summed E-state index contributed by atoms with van der Waals surface area (Å²) in [4.78, 5) is 29.1. The monoisotopic (exact) mass is 496 g/mol. The molecule has 1 unspecified atom stereocenters. The van der Waals surface area contributed by atoms with Crippen LogP contribution in [0.15, 0.2) is 48.7 Å². The van der Waals surface area contributed by atoms with Crippen LogP contribution in [-0.2, 0) is 11.3 Å². The van der Waals surface area contributed by atoms with Crippen molar-refractivity contribution in [2.24, 2.45) is 0 Å². The van der Waals surface area contributed by atoms with Gasteiger partial charge < -0.3 is 15.3 Å². The van der Waals surface area contributed by atoms with Crippen LogP contribution in [0.1, 0.15) is 18.4 Å². The summed E-state index contributed by atoms with van der Waals surface area (Å²) >= 11 is 1.33. The molecule has 5 rings (SSSR count). The number of halogens is 2. The maximum atomic E-state index is 14.2. The average molecular weight is 497 g/mol. The van der Waals surface area contributed by atoms with Gasteiger partial charge in [0, 0.05) is 25.9 Å². The molecule has 4 aromatic rings. The number of carboxylic acids is 1. The number of fused-ring (bicyclic) bond motifs is 1. The van der Waals surface area contributed by atoms with Crippen molar-refractivity contribution in [2.75, 3.05) is 23.8 Å². The number of carboxylic acid groups (broad SMARTS) is 1. The second kappa shape index (κ2) is 9.51. The molecule has 0 bridgehead atoms. The molecule has 2 N–H and O–H groups in total. The second-order valence-corrected chi connectivity index (χ2v) is 9.29. The van der Waals surface area contributed by atoms with Crippen molar-refractivity contribution in [3.63, 3.8) is 0 Å². The third-order valence-corrected chi connectivity index (χ3v) is 6.83. The molecule has 1 aromatic carbocycles. The number of pyridine rings is 2. The first-order valence-corrected chi connectivity index (χ1v) is 11.8. The third kappa shape index (κ3) is 4.91. The van der Waals surface area contributed by atoms with Crippen LogP contribution in [0, 0.1) is 11.6 Å². The predicted molar refractivity (Wildman–Crippen MR) is 130 cm³/mol. The highest BCUT2D eigenvalue weighted by molar-refractivity contribution is 7.21. The number of nitrogens with zero attached hydrogens (tertiary/aromatic N) is 5. The van der Waals surface area contributed by atoms with Crippen LogP contribution in [0.3, 0.4) is 0 Å². The van der Waals surface area contributed by atoms with E-state index in [1.165, 1.54) is 23.5 Å². The molecule has 1 saturated heterocycles. The van der Waals surface area contributed by atoms with Crippen molar-refractivity contribution < 1.29 is 18.7 Å². The summed E-state index contributed by atoms with van der Waals surface area (Å²) in [6.07, 6.45) is 3.28. The van der Waals surface area contributed by atoms with Crippen LogP contribution >= 0.6 is 11.3 Å². The molecule has 8 nitrogen and oxygen atoms in total. The Labute approximate surface area is 203 Å². The van der Waals surface area contributed by atoms with Crippen molar-refractivity contribution in [3.8, 4) is 0 Å². The lowest BCUT2D eigenvalue weighted by atomic mass is 10.2. The lowest BCUT2D eigenvalue weighted by Gasteiger charge is -2.20. The number of aromatic nitrogens is 3. The molecule has 180 valence electrons. The van der Waals surface area contributed by atoms with E-state index < -0.39 is 23.6 Å². The lowest BCUT2D eigenvalue weighted by Crippen LogP contribution is -2.35.